The molecule has 0 aliphatic rings. The van der Waals surface area contributed by atoms with Crippen molar-refractivity contribution >= 4 is 11.9 Å². The predicted molar refractivity (Wildman–Crippen MR) is 69.0 cm³/mol. The molecule has 0 spiro atoms. The number of hydrogen-bond donors (Lipinski definition) is 1. The molecule has 0 aromatic heterocycles. The average Bonchev–Trinajstić information content (AvgIpc) is 2.32. The van der Waals surface area contributed by atoms with Gasteiger partial charge in [-0.05, 0) is 26.0 Å². The number of phenols is 1. The Bertz CT molecular complexity index is 557. The van der Waals surface area contributed by atoms with Crippen LogP contribution < -0.4 is 9.47 Å². The first-order valence-corrected chi connectivity index (χ1v) is 5.39. The van der Waals surface area contributed by atoms with E-state index in [1.165, 1.54) is 32.0 Å². The first-order valence-electron chi connectivity index (χ1n) is 5.39. The van der Waals surface area contributed by atoms with E-state index in [9.17, 15) is 14.7 Å². The van der Waals surface area contributed by atoms with Gasteiger partial charge in [0.2, 0.25) is 0 Å². The number of esters is 2. The molecule has 0 unspecified atom stereocenters. The molecule has 5 heteroatoms. The Balaban J connectivity index is 2.94. The largest absolute Gasteiger partial charge is 0.504 e. The number of phenolic OH excluding ortho intramolecular Hbond substituents is 1. The monoisotopic (exact) mass is 262 g/mol. The lowest BCUT2D eigenvalue weighted by molar-refractivity contribution is -0.130. The lowest BCUT2D eigenvalue weighted by Crippen LogP contribution is -2.10. The van der Waals surface area contributed by atoms with Gasteiger partial charge in [-0.3, -0.25) is 0 Å². The van der Waals surface area contributed by atoms with E-state index in [0.29, 0.717) is 0 Å². The molecule has 0 aliphatic heterocycles. The van der Waals surface area contributed by atoms with Crippen LogP contribution in [-0.2, 0) is 9.59 Å². The Morgan fingerprint density at radius 3 is 2.11 bits per heavy atom. The van der Waals surface area contributed by atoms with E-state index in [1.54, 1.807) is 0 Å². The fourth-order valence-electron chi connectivity index (χ4n) is 1.02. The first kappa shape index (κ1) is 14.5. The van der Waals surface area contributed by atoms with Crippen molar-refractivity contribution in [3.8, 4) is 17.2 Å². The van der Waals surface area contributed by atoms with Crippen LogP contribution in [0.1, 0.15) is 13.8 Å². The first-order chi connectivity index (χ1) is 8.81. The van der Waals surface area contributed by atoms with Gasteiger partial charge in [0.05, 0.1) is 0 Å². The Kier molecular flexibility index (Phi) is 4.47. The molecule has 1 rings (SSSR count). The number of aromatic hydroxyl groups is 1. The summed E-state index contributed by atoms with van der Waals surface area (Å²) in [7, 11) is 0. The number of rotatable bonds is 4. The summed E-state index contributed by atoms with van der Waals surface area (Å²) in [5.41, 5.74) is 0.414. The van der Waals surface area contributed by atoms with E-state index in [4.69, 9.17) is 9.47 Å². The van der Waals surface area contributed by atoms with Crippen LogP contribution in [0.2, 0.25) is 0 Å². The minimum Gasteiger partial charge on any atom is -0.504 e. The molecule has 0 saturated carbocycles. The third-order valence-corrected chi connectivity index (χ3v) is 2.04. The van der Waals surface area contributed by atoms with Crippen LogP contribution in [0.4, 0.5) is 0 Å². The normalized spacial score (nSPS) is 9.58. The van der Waals surface area contributed by atoms with Crippen molar-refractivity contribution in [1.29, 1.82) is 0 Å². The summed E-state index contributed by atoms with van der Waals surface area (Å²) in [6, 6.07) is 3.85. The maximum absolute atomic E-state index is 11.4. The van der Waals surface area contributed by atoms with E-state index < -0.39 is 11.9 Å². The molecule has 19 heavy (non-hydrogen) atoms. The van der Waals surface area contributed by atoms with Gasteiger partial charge in [0.25, 0.3) is 0 Å². The highest BCUT2D eigenvalue weighted by atomic mass is 16.5. The van der Waals surface area contributed by atoms with Crippen LogP contribution in [0.5, 0.6) is 17.2 Å². The van der Waals surface area contributed by atoms with Gasteiger partial charge >= 0.3 is 11.9 Å². The Labute approximate surface area is 110 Å². The molecule has 0 atom stereocenters. The molecule has 0 radical (unpaired) electrons. The maximum atomic E-state index is 11.4. The second-order valence-corrected chi connectivity index (χ2v) is 3.97. The molecule has 1 N–H and O–H groups in total. The van der Waals surface area contributed by atoms with E-state index in [0.717, 1.165) is 0 Å². The van der Waals surface area contributed by atoms with E-state index >= 15 is 0 Å². The molecular formula is C14H14O5. The highest BCUT2D eigenvalue weighted by Gasteiger charge is 2.13. The molecule has 0 heterocycles. The highest BCUT2D eigenvalue weighted by molar-refractivity contribution is 5.90. The third kappa shape index (κ3) is 3.99. The van der Waals surface area contributed by atoms with Gasteiger partial charge in [0.1, 0.15) is 5.75 Å². The summed E-state index contributed by atoms with van der Waals surface area (Å²) >= 11 is 0. The number of ether oxygens (including phenoxy) is 2. The molecule has 0 fully saturated rings. The highest BCUT2D eigenvalue weighted by Crippen LogP contribution is 2.31. The van der Waals surface area contributed by atoms with Crippen molar-refractivity contribution in [2.24, 2.45) is 0 Å². The summed E-state index contributed by atoms with van der Waals surface area (Å²) in [6.45, 7) is 9.84. The van der Waals surface area contributed by atoms with Crippen molar-refractivity contribution in [2.75, 3.05) is 0 Å². The second-order valence-electron chi connectivity index (χ2n) is 3.97. The quantitative estimate of drug-likeness (QED) is 0.512. The zero-order chi connectivity index (χ0) is 14.6. The zero-order valence-electron chi connectivity index (χ0n) is 10.7. The van der Waals surface area contributed by atoms with Crippen LogP contribution in [-0.4, -0.2) is 17.0 Å². The molecule has 0 aliphatic carbocycles. The number of benzene rings is 1. The van der Waals surface area contributed by atoms with E-state index in [1.807, 2.05) is 0 Å². The van der Waals surface area contributed by atoms with Crippen molar-refractivity contribution in [3.05, 3.63) is 42.5 Å². The van der Waals surface area contributed by atoms with Crippen molar-refractivity contribution in [1.82, 2.24) is 0 Å². The fraction of sp³-hybridized carbons (Fsp3) is 0.143. The van der Waals surface area contributed by atoms with E-state index in [2.05, 4.69) is 13.2 Å². The van der Waals surface area contributed by atoms with Crippen LogP contribution in [0.15, 0.2) is 42.5 Å². The van der Waals surface area contributed by atoms with Crippen LogP contribution in [0, 0.1) is 0 Å². The molecule has 1 aromatic rings. The van der Waals surface area contributed by atoms with Gasteiger partial charge < -0.3 is 14.6 Å². The smallest absolute Gasteiger partial charge is 0.338 e. The molecule has 0 bridgehead atoms. The van der Waals surface area contributed by atoms with Crippen LogP contribution in [0.3, 0.4) is 0 Å². The molecular weight excluding hydrogens is 248 g/mol. The van der Waals surface area contributed by atoms with Crippen molar-refractivity contribution in [3.63, 3.8) is 0 Å². The third-order valence-electron chi connectivity index (χ3n) is 2.04. The van der Waals surface area contributed by atoms with Crippen molar-refractivity contribution < 1.29 is 24.2 Å². The summed E-state index contributed by atoms with van der Waals surface area (Å²) in [4.78, 5) is 22.7. The Morgan fingerprint density at radius 2 is 1.58 bits per heavy atom. The van der Waals surface area contributed by atoms with Gasteiger partial charge in [-0.2, -0.15) is 0 Å². The minimum absolute atomic E-state index is 0.111. The van der Waals surface area contributed by atoms with E-state index in [-0.39, 0.29) is 28.4 Å². The number of carbonyl (C=O) groups excluding carboxylic acids is 2. The Morgan fingerprint density at radius 1 is 1.05 bits per heavy atom. The second kappa shape index (κ2) is 5.86. The summed E-state index contributed by atoms with van der Waals surface area (Å²) < 4.78 is 9.84. The maximum Gasteiger partial charge on any atom is 0.338 e. The standard InChI is InChI=1S/C14H14O5/c1-8(2)13(16)18-10-5-6-11(15)12(7-10)19-14(17)9(3)4/h5-7,15H,1,3H2,2,4H3. The topological polar surface area (TPSA) is 72.8 Å². The summed E-state index contributed by atoms with van der Waals surface area (Å²) in [5.74, 6) is -1.51. The van der Waals surface area contributed by atoms with Gasteiger partial charge in [-0.15, -0.1) is 0 Å². The molecule has 0 saturated heterocycles. The number of hydrogen-bond acceptors (Lipinski definition) is 5. The van der Waals surface area contributed by atoms with Crippen LogP contribution in [0.25, 0.3) is 0 Å². The molecule has 100 valence electrons. The van der Waals surface area contributed by atoms with Gasteiger partial charge in [0.15, 0.2) is 11.5 Å². The molecule has 0 amide bonds. The number of carbonyl (C=O) groups is 2. The Hall–Kier alpha value is -2.56. The molecule has 5 nitrogen and oxygen atoms in total. The molecule has 1 aromatic carbocycles. The lowest BCUT2D eigenvalue weighted by Gasteiger charge is -2.08. The lowest BCUT2D eigenvalue weighted by atomic mass is 10.3. The fourth-order valence-corrected chi connectivity index (χ4v) is 1.02. The van der Waals surface area contributed by atoms with Gasteiger partial charge in [0, 0.05) is 17.2 Å². The van der Waals surface area contributed by atoms with Gasteiger partial charge in [-0.25, -0.2) is 9.59 Å². The summed E-state index contributed by atoms with van der Waals surface area (Å²) in [6.07, 6.45) is 0. The van der Waals surface area contributed by atoms with Crippen molar-refractivity contribution in [2.45, 2.75) is 13.8 Å². The van der Waals surface area contributed by atoms with Crippen LogP contribution >= 0.6 is 0 Å². The average molecular weight is 262 g/mol. The minimum atomic E-state index is -0.682. The van der Waals surface area contributed by atoms with Gasteiger partial charge in [-0.1, -0.05) is 13.2 Å². The predicted octanol–water partition coefficient (Wildman–Crippen LogP) is 2.36. The zero-order valence-corrected chi connectivity index (χ0v) is 10.7. The SMILES string of the molecule is C=C(C)C(=O)Oc1ccc(O)c(OC(=O)C(=C)C)c1. The summed E-state index contributed by atoms with van der Waals surface area (Å²) in [5, 5.41) is 9.54.